The van der Waals surface area contributed by atoms with Gasteiger partial charge in [0.15, 0.2) is 0 Å². The third kappa shape index (κ3) is 5.88. The number of carbonyl (C=O) groups is 1. The molecule has 1 fully saturated rings. The quantitative estimate of drug-likeness (QED) is 0.457. The molecule has 0 bridgehead atoms. The Kier molecular flexibility index (Phi) is 6.94. The lowest BCUT2D eigenvalue weighted by atomic mass is 10.1. The van der Waals surface area contributed by atoms with Crippen molar-refractivity contribution in [2.24, 2.45) is 0 Å². The van der Waals surface area contributed by atoms with Gasteiger partial charge in [0.05, 0.1) is 11.7 Å². The second kappa shape index (κ2) is 9.88. The average Bonchev–Trinajstić information content (AvgIpc) is 3.48. The van der Waals surface area contributed by atoms with Gasteiger partial charge in [0.1, 0.15) is 28.9 Å². The van der Waals surface area contributed by atoms with Gasteiger partial charge in [-0.15, -0.1) is 11.3 Å². The number of alkyl halides is 3. The smallest absolute Gasteiger partial charge is 0.416 e. The zero-order chi connectivity index (χ0) is 23.4. The first-order chi connectivity index (χ1) is 15.8. The first-order valence-corrected chi connectivity index (χ1v) is 11.1. The van der Waals surface area contributed by atoms with Crippen molar-refractivity contribution in [2.45, 2.75) is 31.7 Å². The van der Waals surface area contributed by atoms with E-state index < -0.39 is 17.6 Å². The van der Waals surface area contributed by atoms with Gasteiger partial charge in [0.25, 0.3) is 5.91 Å². The van der Waals surface area contributed by atoms with Crippen molar-refractivity contribution < 1.29 is 31.8 Å². The highest BCUT2D eigenvalue weighted by Crippen LogP contribution is 2.31. The van der Waals surface area contributed by atoms with Crippen molar-refractivity contribution in [1.29, 1.82) is 0 Å². The first-order valence-electron chi connectivity index (χ1n) is 10.2. The van der Waals surface area contributed by atoms with Crippen LogP contribution in [0.25, 0.3) is 10.6 Å². The number of ether oxygens (including phenoxy) is 2. The Bertz CT molecular complexity index is 1110. The zero-order valence-corrected chi connectivity index (χ0v) is 18.1. The van der Waals surface area contributed by atoms with Crippen LogP contribution in [0, 0.1) is 5.82 Å². The van der Waals surface area contributed by atoms with Crippen molar-refractivity contribution in [3.63, 3.8) is 0 Å². The molecule has 1 saturated heterocycles. The van der Waals surface area contributed by atoms with Crippen LogP contribution in [0.2, 0.25) is 0 Å². The number of nitrogens with one attached hydrogen (secondary N) is 1. The Hall–Kier alpha value is -2.98. The van der Waals surface area contributed by atoms with Gasteiger partial charge in [-0.2, -0.15) is 13.2 Å². The van der Waals surface area contributed by atoms with Crippen LogP contribution in [0.5, 0.6) is 5.75 Å². The van der Waals surface area contributed by atoms with Crippen LogP contribution in [-0.2, 0) is 17.5 Å². The summed E-state index contributed by atoms with van der Waals surface area (Å²) in [5.74, 6) is -0.701. The number of hydrogen-bond donors (Lipinski definition) is 1. The van der Waals surface area contributed by atoms with Crippen molar-refractivity contribution in [2.75, 3.05) is 13.2 Å². The van der Waals surface area contributed by atoms with E-state index in [1.54, 1.807) is 11.4 Å². The zero-order valence-electron chi connectivity index (χ0n) is 17.3. The molecule has 0 spiro atoms. The first kappa shape index (κ1) is 23.2. The molecule has 33 heavy (non-hydrogen) atoms. The third-order valence-electron chi connectivity index (χ3n) is 5.11. The molecule has 4 rings (SSSR count). The van der Waals surface area contributed by atoms with Crippen LogP contribution in [0.3, 0.4) is 0 Å². The van der Waals surface area contributed by atoms with Crippen molar-refractivity contribution in [3.8, 4) is 16.3 Å². The summed E-state index contributed by atoms with van der Waals surface area (Å²) < 4.78 is 63.5. The van der Waals surface area contributed by atoms with Gasteiger partial charge >= 0.3 is 6.18 Å². The lowest BCUT2D eigenvalue weighted by Crippen LogP contribution is -2.31. The van der Waals surface area contributed by atoms with Crippen LogP contribution >= 0.6 is 11.3 Å². The standard InChI is InChI=1S/C23H20F4N2O3S/c24-19-10-16(32-12-14-3-5-15(6-4-14)23(25,26)27)7-8-18(19)22-29-20(13-33-22)21(30)28-11-17-2-1-9-31-17/h3-8,10,13,17H,1-2,9,11-12H2,(H,28,30)/t17-/m1/s1. The fraction of sp³-hybridized carbons (Fsp3) is 0.304. The Morgan fingerprint density at radius 2 is 2.00 bits per heavy atom. The number of halogens is 4. The van der Waals surface area contributed by atoms with E-state index in [1.807, 2.05) is 0 Å². The predicted molar refractivity (Wildman–Crippen MR) is 115 cm³/mol. The summed E-state index contributed by atoms with van der Waals surface area (Å²) in [6.45, 7) is 1.10. The molecule has 174 valence electrons. The highest BCUT2D eigenvalue weighted by Gasteiger charge is 2.29. The number of amides is 1. The summed E-state index contributed by atoms with van der Waals surface area (Å²) in [6.07, 6.45) is -2.51. The van der Waals surface area contributed by atoms with Gasteiger partial charge in [0, 0.05) is 30.2 Å². The normalized spacial score (nSPS) is 16.1. The van der Waals surface area contributed by atoms with E-state index in [0.717, 1.165) is 36.3 Å². The van der Waals surface area contributed by atoms with Crippen LogP contribution in [0.4, 0.5) is 17.6 Å². The van der Waals surface area contributed by atoms with Crippen LogP contribution in [0.15, 0.2) is 47.8 Å². The largest absolute Gasteiger partial charge is 0.489 e. The second-order valence-electron chi connectivity index (χ2n) is 7.51. The molecule has 1 N–H and O–H groups in total. The number of thiazole rings is 1. The molecule has 1 atom stereocenters. The maximum absolute atomic E-state index is 14.7. The van der Waals surface area contributed by atoms with E-state index in [1.165, 1.54) is 24.3 Å². The minimum atomic E-state index is -4.40. The minimum Gasteiger partial charge on any atom is -0.489 e. The Morgan fingerprint density at radius 3 is 2.67 bits per heavy atom. The van der Waals surface area contributed by atoms with Crippen molar-refractivity contribution >= 4 is 17.2 Å². The van der Waals surface area contributed by atoms with Crippen molar-refractivity contribution in [1.82, 2.24) is 10.3 Å². The number of aromatic nitrogens is 1. The lowest BCUT2D eigenvalue weighted by Gasteiger charge is -2.10. The molecule has 0 radical (unpaired) electrons. The fourth-order valence-electron chi connectivity index (χ4n) is 3.32. The Morgan fingerprint density at radius 1 is 1.21 bits per heavy atom. The summed E-state index contributed by atoms with van der Waals surface area (Å²) in [6, 6.07) is 8.78. The Balaban J connectivity index is 1.36. The number of rotatable bonds is 7. The van der Waals surface area contributed by atoms with E-state index >= 15 is 0 Å². The summed E-state index contributed by atoms with van der Waals surface area (Å²) >= 11 is 1.15. The molecule has 1 aliphatic heterocycles. The van der Waals surface area contributed by atoms with Gasteiger partial charge in [-0.25, -0.2) is 9.37 Å². The number of carbonyl (C=O) groups excluding carboxylic acids is 1. The average molecular weight is 480 g/mol. The number of nitrogens with zero attached hydrogens (tertiary/aromatic N) is 1. The SMILES string of the molecule is O=C(NC[C@H]1CCCO1)c1csc(-c2ccc(OCc3ccc(C(F)(F)F)cc3)cc2F)n1. The molecule has 0 saturated carbocycles. The summed E-state index contributed by atoms with van der Waals surface area (Å²) in [5, 5.41) is 4.69. The highest BCUT2D eigenvalue weighted by atomic mass is 32.1. The molecule has 1 aliphatic rings. The summed E-state index contributed by atoms with van der Waals surface area (Å²) in [5.41, 5.74) is 0.200. The van der Waals surface area contributed by atoms with Crippen LogP contribution < -0.4 is 10.1 Å². The summed E-state index contributed by atoms with van der Waals surface area (Å²) in [4.78, 5) is 16.5. The maximum atomic E-state index is 14.7. The lowest BCUT2D eigenvalue weighted by molar-refractivity contribution is -0.137. The molecule has 1 aromatic heterocycles. The topological polar surface area (TPSA) is 60.5 Å². The minimum absolute atomic E-state index is 0.0107. The molecule has 10 heteroatoms. The van der Waals surface area contributed by atoms with Gasteiger partial charge in [-0.3, -0.25) is 4.79 Å². The molecule has 0 unspecified atom stereocenters. The van der Waals surface area contributed by atoms with Crippen molar-refractivity contribution in [3.05, 3.63) is 70.5 Å². The number of hydrogen-bond acceptors (Lipinski definition) is 5. The third-order valence-corrected chi connectivity index (χ3v) is 5.98. The van der Waals surface area contributed by atoms with E-state index in [-0.39, 0.29) is 35.6 Å². The number of benzene rings is 2. The van der Waals surface area contributed by atoms with E-state index in [9.17, 15) is 22.4 Å². The Labute approximate surface area is 191 Å². The predicted octanol–water partition coefficient (Wildman–Crippen LogP) is 5.46. The summed E-state index contributed by atoms with van der Waals surface area (Å²) in [7, 11) is 0. The molecule has 1 amide bonds. The molecule has 2 heterocycles. The maximum Gasteiger partial charge on any atom is 0.416 e. The molecule has 0 aliphatic carbocycles. The van der Waals surface area contributed by atoms with Gasteiger partial charge in [-0.1, -0.05) is 12.1 Å². The van der Waals surface area contributed by atoms with E-state index in [4.69, 9.17) is 9.47 Å². The van der Waals surface area contributed by atoms with Gasteiger partial charge < -0.3 is 14.8 Å². The van der Waals surface area contributed by atoms with Crippen LogP contribution in [0.1, 0.15) is 34.5 Å². The van der Waals surface area contributed by atoms with Gasteiger partial charge in [0.2, 0.25) is 0 Å². The molecule has 3 aromatic rings. The molecule has 2 aromatic carbocycles. The van der Waals surface area contributed by atoms with Gasteiger partial charge in [-0.05, 0) is 42.7 Å². The molecular weight excluding hydrogens is 460 g/mol. The fourth-order valence-corrected chi connectivity index (χ4v) is 4.15. The molecular formula is C23H20F4N2O3S. The van der Waals surface area contributed by atoms with E-state index in [0.29, 0.717) is 23.7 Å². The second-order valence-corrected chi connectivity index (χ2v) is 8.37. The van der Waals surface area contributed by atoms with E-state index in [2.05, 4.69) is 10.3 Å². The monoisotopic (exact) mass is 480 g/mol. The highest BCUT2D eigenvalue weighted by molar-refractivity contribution is 7.13. The van der Waals surface area contributed by atoms with Crippen LogP contribution in [-0.4, -0.2) is 30.1 Å². The molecule has 5 nitrogen and oxygen atoms in total.